The van der Waals surface area contributed by atoms with Gasteiger partial charge in [0.05, 0.1) is 0 Å². The topological polar surface area (TPSA) is 74.7 Å². The zero-order chi connectivity index (χ0) is 12.4. The Morgan fingerprint density at radius 3 is 2.65 bits per heavy atom. The summed E-state index contributed by atoms with van der Waals surface area (Å²) in [5.74, 6) is -0.556. The number of rotatable bonds is 2. The molecule has 2 atom stereocenters. The quantitative estimate of drug-likeness (QED) is 0.713. The molecule has 0 N–H and O–H groups in total. The van der Waals surface area contributed by atoms with Crippen LogP contribution in [0.25, 0.3) is 0 Å². The molecule has 0 saturated carbocycles. The molecule has 0 bridgehead atoms. The SMILES string of the molecule is CC(=O)O[C@H]1Oc2cccnc2[C@@H]1OC(C)=O. The molecule has 1 aliphatic heterocycles. The summed E-state index contributed by atoms with van der Waals surface area (Å²) >= 11 is 0. The number of fused-ring (bicyclic) bond motifs is 1. The van der Waals surface area contributed by atoms with Gasteiger partial charge in [-0.3, -0.25) is 14.6 Å². The zero-order valence-electron chi connectivity index (χ0n) is 9.38. The second kappa shape index (κ2) is 4.40. The molecular weight excluding hydrogens is 226 g/mol. The molecule has 90 valence electrons. The van der Waals surface area contributed by atoms with Crippen LogP contribution in [0.5, 0.6) is 5.75 Å². The number of hydrogen-bond acceptors (Lipinski definition) is 6. The summed E-state index contributed by atoms with van der Waals surface area (Å²) < 4.78 is 15.3. The van der Waals surface area contributed by atoms with Gasteiger partial charge in [-0.05, 0) is 12.1 Å². The van der Waals surface area contributed by atoms with E-state index in [2.05, 4.69) is 4.98 Å². The molecule has 6 heteroatoms. The Balaban J connectivity index is 2.26. The molecule has 0 unspecified atom stereocenters. The molecule has 0 saturated heterocycles. The maximum Gasteiger partial charge on any atom is 0.305 e. The Morgan fingerprint density at radius 1 is 1.29 bits per heavy atom. The van der Waals surface area contributed by atoms with Crippen molar-refractivity contribution in [2.45, 2.75) is 26.2 Å². The Bertz CT molecular complexity index is 459. The second-order valence-electron chi connectivity index (χ2n) is 3.51. The van der Waals surface area contributed by atoms with Gasteiger partial charge < -0.3 is 14.2 Å². The summed E-state index contributed by atoms with van der Waals surface area (Å²) in [5, 5.41) is 0. The number of carbonyl (C=O) groups is 2. The molecule has 1 aromatic rings. The number of nitrogens with zero attached hydrogens (tertiary/aromatic N) is 1. The van der Waals surface area contributed by atoms with Crippen molar-refractivity contribution in [1.29, 1.82) is 0 Å². The van der Waals surface area contributed by atoms with Crippen LogP contribution < -0.4 is 4.74 Å². The van der Waals surface area contributed by atoms with Gasteiger partial charge in [0.1, 0.15) is 11.4 Å². The number of esters is 2. The number of ether oxygens (including phenoxy) is 3. The van der Waals surface area contributed by atoms with Gasteiger partial charge in [-0.15, -0.1) is 0 Å². The lowest BCUT2D eigenvalue weighted by Gasteiger charge is -2.17. The van der Waals surface area contributed by atoms with Gasteiger partial charge in [0.25, 0.3) is 6.29 Å². The molecule has 2 rings (SSSR count). The lowest BCUT2D eigenvalue weighted by atomic mass is 10.2. The highest BCUT2D eigenvalue weighted by atomic mass is 16.7. The van der Waals surface area contributed by atoms with E-state index in [1.54, 1.807) is 18.3 Å². The highest BCUT2D eigenvalue weighted by Gasteiger charge is 2.40. The third-order valence-electron chi connectivity index (χ3n) is 2.13. The molecule has 0 amide bonds. The number of pyridine rings is 1. The molecule has 1 aromatic heterocycles. The molecule has 1 aliphatic rings. The Hall–Kier alpha value is -2.11. The van der Waals surface area contributed by atoms with Crippen LogP contribution in [0.2, 0.25) is 0 Å². The third-order valence-corrected chi connectivity index (χ3v) is 2.13. The van der Waals surface area contributed by atoms with Crippen LogP contribution in [0.4, 0.5) is 0 Å². The average molecular weight is 237 g/mol. The van der Waals surface area contributed by atoms with Gasteiger partial charge in [-0.1, -0.05) is 0 Å². The lowest BCUT2D eigenvalue weighted by molar-refractivity contribution is -0.184. The van der Waals surface area contributed by atoms with E-state index >= 15 is 0 Å². The van der Waals surface area contributed by atoms with Crippen LogP contribution in [0.1, 0.15) is 25.6 Å². The molecule has 0 aromatic carbocycles. The summed E-state index contributed by atoms with van der Waals surface area (Å²) in [7, 11) is 0. The molecule has 0 spiro atoms. The van der Waals surface area contributed by atoms with E-state index in [9.17, 15) is 9.59 Å². The fraction of sp³-hybridized carbons (Fsp3) is 0.364. The van der Waals surface area contributed by atoms with Crippen molar-refractivity contribution in [3.05, 3.63) is 24.0 Å². The predicted molar refractivity (Wildman–Crippen MR) is 54.9 cm³/mol. The smallest absolute Gasteiger partial charge is 0.305 e. The summed E-state index contributed by atoms with van der Waals surface area (Å²) in [4.78, 5) is 26.0. The first-order chi connectivity index (χ1) is 8.08. The van der Waals surface area contributed by atoms with Crippen LogP contribution in [0, 0.1) is 0 Å². The van der Waals surface area contributed by atoms with E-state index in [0.717, 1.165) is 0 Å². The largest absolute Gasteiger partial charge is 0.448 e. The van der Waals surface area contributed by atoms with E-state index < -0.39 is 24.3 Å². The van der Waals surface area contributed by atoms with Gasteiger partial charge in [-0.2, -0.15) is 0 Å². The fourth-order valence-corrected chi connectivity index (χ4v) is 1.57. The minimum Gasteiger partial charge on any atom is -0.448 e. The Labute approximate surface area is 97.5 Å². The van der Waals surface area contributed by atoms with Crippen LogP contribution in [0.15, 0.2) is 18.3 Å². The van der Waals surface area contributed by atoms with Gasteiger partial charge in [0, 0.05) is 20.0 Å². The maximum absolute atomic E-state index is 11.0. The molecule has 17 heavy (non-hydrogen) atoms. The maximum atomic E-state index is 11.0. The van der Waals surface area contributed by atoms with Gasteiger partial charge in [-0.25, -0.2) is 0 Å². The van der Waals surface area contributed by atoms with Gasteiger partial charge in [0.2, 0.25) is 6.10 Å². The van der Waals surface area contributed by atoms with Crippen molar-refractivity contribution in [2.75, 3.05) is 0 Å². The predicted octanol–water partition coefficient (Wildman–Crippen LogP) is 0.967. The second-order valence-corrected chi connectivity index (χ2v) is 3.51. The Morgan fingerprint density at radius 2 is 2.00 bits per heavy atom. The summed E-state index contributed by atoms with van der Waals surface area (Å²) in [6.07, 6.45) is -0.233. The van der Waals surface area contributed by atoms with E-state index in [1.807, 2.05) is 0 Å². The van der Waals surface area contributed by atoms with Crippen molar-refractivity contribution in [3.63, 3.8) is 0 Å². The van der Waals surface area contributed by atoms with E-state index in [-0.39, 0.29) is 0 Å². The molecule has 2 heterocycles. The van der Waals surface area contributed by atoms with Crippen molar-refractivity contribution >= 4 is 11.9 Å². The summed E-state index contributed by atoms with van der Waals surface area (Å²) in [6.45, 7) is 2.52. The van der Waals surface area contributed by atoms with Crippen molar-refractivity contribution < 1.29 is 23.8 Å². The van der Waals surface area contributed by atoms with E-state index in [4.69, 9.17) is 14.2 Å². The monoisotopic (exact) mass is 237 g/mol. The highest BCUT2D eigenvalue weighted by Crippen LogP contribution is 2.37. The third kappa shape index (κ3) is 2.35. The molecule has 0 aliphatic carbocycles. The van der Waals surface area contributed by atoms with Crippen LogP contribution >= 0.6 is 0 Å². The Kier molecular flexibility index (Phi) is 2.95. The molecule has 0 radical (unpaired) electrons. The van der Waals surface area contributed by atoms with E-state index in [1.165, 1.54) is 13.8 Å². The van der Waals surface area contributed by atoms with E-state index in [0.29, 0.717) is 11.4 Å². The van der Waals surface area contributed by atoms with Gasteiger partial charge >= 0.3 is 11.9 Å². The average Bonchev–Trinajstić information content (AvgIpc) is 2.55. The molecule has 6 nitrogen and oxygen atoms in total. The summed E-state index contributed by atoms with van der Waals surface area (Å²) in [5.41, 5.74) is 0.453. The van der Waals surface area contributed by atoms with Crippen molar-refractivity contribution in [2.24, 2.45) is 0 Å². The lowest BCUT2D eigenvalue weighted by Crippen LogP contribution is -2.27. The molecule has 0 fully saturated rings. The van der Waals surface area contributed by atoms with Crippen LogP contribution in [-0.2, 0) is 19.1 Å². The van der Waals surface area contributed by atoms with Gasteiger partial charge in [0.15, 0.2) is 0 Å². The van der Waals surface area contributed by atoms with Crippen molar-refractivity contribution in [1.82, 2.24) is 4.98 Å². The standard InChI is InChI=1S/C11H11NO5/c1-6(13)15-10-9-8(4-3-5-12-9)17-11(10)16-7(2)14/h3-5,10-11H,1-2H3/t10-,11-/m0/s1. The zero-order valence-corrected chi connectivity index (χ0v) is 9.38. The first-order valence-corrected chi connectivity index (χ1v) is 5.04. The van der Waals surface area contributed by atoms with Crippen LogP contribution in [-0.4, -0.2) is 23.2 Å². The van der Waals surface area contributed by atoms with Crippen LogP contribution in [0.3, 0.4) is 0 Å². The highest BCUT2D eigenvalue weighted by molar-refractivity contribution is 5.67. The van der Waals surface area contributed by atoms with Crippen molar-refractivity contribution in [3.8, 4) is 5.75 Å². The summed E-state index contributed by atoms with van der Waals surface area (Å²) in [6, 6.07) is 3.35. The first kappa shape index (κ1) is 11.4. The fourth-order valence-electron chi connectivity index (χ4n) is 1.57. The minimum absolute atomic E-state index is 0.449. The number of aromatic nitrogens is 1. The minimum atomic E-state index is -0.971. The normalized spacial score (nSPS) is 21.3. The first-order valence-electron chi connectivity index (χ1n) is 5.04. The molecular formula is C11H11NO5. The number of hydrogen-bond donors (Lipinski definition) is 0. The number of carbonyl (C=O) groups excluding carboxylic acids is 2.